The van der Waals surface area contributed by atoms with Crippen molar-refractivity contribution in [3.05, 3.63) is 53.6 Å². The first-order valence-electron chi connectivity index (χ1n) is 10.9. The number of hydrogen-bond acceptors (Lipinski definition) is 6. The maximum absolute atomic E-state index is 13.0. The fraction of sp³-hybridized carbons (Fsp3) is 0.364. The fourth-order valence-electron chi connectivity index (χ4n) is 4.54. The van der Waals surface area contributed by atoms with E-state index in [9.17, 15) is 21.6 Å². The van der Waals surface area contributed by atoms with Crippen LogP contribution in [-0.4, -0.2) is 59.1 Å². The Balaban J connectivity index is 1.34. The van der Waals surface area contributed by atoms with E-state index in [0.717, 1.165) is 24.8 Å². The first kappa shape index (κ1) is 22.1. The Hall–Kier alpha value is -2.76. The SMILES string of the molecule is O=C(CN=C1NS(=O)(=O)c2ccccc21)N1CCc2cc(S(=O)(=O)N3CCCCC3)ccc21. The van der Waals surface area contributed by atoms with E-state index in [4.69, 9.17) is 0 Å². The zero-order valence-corrected chi connectivity index (χ0v) is 19.5. The molecule has 1 N–H and O–H groups in total. The van der Waals surface area contributed by atoms with E-state index < -0.39 is 20.0 Å². The van der Waals surface area contributed by atoms with Crippen LogP contribution in [0.3, 0.4) is 0 Å². The van der Waals surface area contributed by atoms with E-state index >= 15 is 0 Å². The van der Waals surface area contributed by atoms with Crippen molar-refractivity contribution < 1.29 is 21.6 Å². The second-order valence-corrected chi connectivity index (χ2v) is 11.9. The van der Waals surface area contributed by atoms with Gasteiger partial charge in [-0.05, 0) is 55.2 Å². The molecule has 1 amide bonds. The van der Waals surface area contributed by atoms with Crippen LogP contribution in [0.2, 0.25) is 0 Å². The lowest BCUT2D eigenvalue weighted by molar-refractivity contribution is -0.117. The van der Waals surface area contributed by atoms with Crippen LogP contribution in [-0.2, 0) is 31.3 Å². The van der Waals surface area contributed by atoms with Crippen molar-refractivity contribution in [3.63, 3.8) is 0 Å². The quantitative estimate of drug-likeness (QED) is 0.700. The zero-order chi connectivity index (χ0) is 23.2. The van der Waals surface area contributed by atoms with Crippen molar-refractivity contribution >= 4 is 37.5 Å². The van der Waals surface area contributed by atoms with Gasteiger partial charge in [-0.25, -0.2) is 16.8 Å². The second kappa shape index (κ2) is 8.23. The summed E-state index contributed by atoms with van der Waals surface area (Å²) in [6.07, 6.45) is 3.34. The molecule has 3 aliphatic heterocycles. The molecule has 3 aliphatic rings. The van der Waals surface area contributed by atoms with Gasteiger partial charge in [0, 0.05) is 30.9 Å². The van der Waals surface area contributed by atoms with Gasteiger partial charge in [0.2, 0.25) is 15.9 Å². The molecule has 0 bridgehead atoms. The first-order chi connectivity index (χ1) is 15.8. The van der Waals surface area contributed by atoms with Gasteiger partial charge in [0.25, 0.3) is 10.0 Å². The molecule has 0 aromatic heterocycles. The second-order valence-electron chi connectivity index (χ2n) is 8.32. The number of nitrogens with one attached hydrogen (secondary N) is 1. The molecule has 174 valence electrons. The summed E-state index contributed by atoms with van der Waals surface area (Å²) in [6, 6.07) is 11.4. The molecule has 0 aliphatic carbocycles. The number of benzene rings is 2. The summed E-state index contributed by atoms with van der Waals surface area (Å²) in [7, 11) is -7.20. The molecule has 1 saturated heterocycles. The largest absolute Gasteiger partial charge is 0.310 e. The number of anilines is 1. The summed E-state index contributed by atoms with van der Waals surface area (Å²) in [5, 5.41) is 0. The Morgan fingerprint density at radius 3 is 2.58 bits per heavy atom. The maximum Gasteiger partial charge on any atom is 0.263 e. The molecule has 0 saturated carbocycles. The van der Waals surface area contributed by atoms with Gasteiger partial charge in [0.1, 0.15) is 12.4 Å². The third kappa shape index (κ3) is 3.94. The lowest BCUT2D eigenvalue weighted by Gasteiger charge is -2.26. The van der Waals surface area contributed by atoms with Crippen LogP contribution in [0.1, 0.15) is 30.4 Å². The zero-order valence-electron chi connectivity index (χ0n) is 17.9. The first-order valence-corrected chi connectivity index (χ1v) is 13.8. The van der Waals surface area contributed by atoms with Crippen LogP contribution in [0.25, 0.3) is 0 Å². The van der Waals surface area contributed by atoms with Gasteiger partial charge in [-0.3, -0.25) is 14.5 Å². The van der Waals surface area contributed by atoms with Crippen molar-refractivity contribution in [2.75, 3.05) is 31.1 Å². The van der Waals surface area contributed by atoms with Crippen molar-refractivity contribution in [2.45, 2.75) is 35.5 Å². The molecule has 11 heteroatoms. The topological polar surface area (TPSA) is 116 Å². The number of amidine groups is 1. The number of fused-ring (bicyclic) bond motifs is 2. The molecule has 33 heavy (non-hydrogen) atoms. The van der Waals surface area contributed by atoms with Gasteiger partial charge in [-0.2, -0.15) is 4.31 Å². The highest BCUT2D eigenvalue weighted by Crippen LogP contribution is 2.32. The Kier molecular flexibility index (Phi) is 5.50. The Morgan fingerprint density at radius 2 is 1.79 bits per heavy atom. The van der Waals surface area contributed by atoms with Crippen LogP contribution in [0.4, 0.5) is 5.69 Å². The van der Waals surface area contributed by atoms with Crippen LogP contribution < -0.4 is 9.62 Å². The summed E-state index contributed by atoms with van der Waals surface area (Å²) in [5.74, 6) is -0.127. The Bertz CT molecular complexity index is 1360. The van der Waals surface area contributed by atoms with Gasteiger partial charge < -0.3 is 4.90 Å². The Labute approximate surface area is 193 Å². The monoisotopic (exact) mass is 488 g/mol. The third-order valence-electron chi connectivity index (χ3n) is 6.24. The van der Waals surface area contributed by atoms with Crippen molar-refractivity contribution in [2.24, 2.45) is 4.99 Å². The third-order valence-corrected chi connectivity index (χ3v) is 9.53. The normalized spacial score (nSPS) is 21.0. The van der Waals surface area contributed by atoms with Gasteiger partial charge >= 0.3 is 0 Å². The van der Waals surface area contributed by atoms with E-state index in [-0.39, 0.29) is 28.1 Å². The van der Waals surface area contributed by atoms with Crippen molar-refractivity contribution in [1.82, 2.24) is 9.03 Å². The number of nitrogens with zero attached hydrogens (tertiary/aromatic N) is 3. The van der Waals surface area contributed by atoms with Gasteiger partial charge in [0.05, 0.1) is 9.79 Å². The van der Waals surface area contributed by atoms with Gasteiger partial charge in [-0.1, -0.05) is 18.6 Å². The molecule has 0 spiro atoms. The molecule has 9 nitrogen and oxygen atoms in total. The Morgan fingerprint density at radius 1 is 1.03 bits per heavy atom. The van der Waals surface area contributed by atoms with E-state index in [1.165, 1.54) is 10.4 Å². The summed E-state index contributed by atoms with van der Waals surface area (Å²) < 4.78 is 54.3. The molecule has 5 rings (SSSR count). The predicted octanol–water partition coefficient (Wildman–Crippen LogP) is 1.49. The van der Waals surface area contributed by atoms with Gasteiger partial charge in [0.15, 0.2) is 0 Å². The average molecular weight is 489 g/mol. The molecular formula is C22H24N4O5S2. The molecule has 2 aromatic rings. The fourth-order valence-corrected chi connectivity index (χ4v) is 7.35. The minimum Gasteiger partial charge on any atom is -0.310 e. The van der Waals surface area contributed by atoms with E-state index in [1.54, 1.807) is 41.3 Å². The van der Waals surface area contributed by atoms with E-state index in [2.05, 4.69) is 9.71 Å². The highest BCUT2D eigenvalue weighted by Gasteiger charge is 2.32. The lowest BCUT2D eigenvalue weighted by Crippen LogP contribution is -2.35. The molecule has 1 fully saturated rings. The number of carbonyl (C=O) groups excluding carboxylic acids is 1. The standard InChI is InChI=1S/C22H24N4O5S2/c27-21(15-23-22-18-6-2-3-7-20(18)32(28,29)24-22)26-13-10-16-14-17(8-9-19(16)26)33(30,31)25-11-4-1-5-12-25/h2-3,6-9,14H,1,4-5,10-13,15H2,(H,23,24). The number of carbonyl (C=O) groups is 1. The average Bonchev–Trinajstić information content (AvgIpc) is 3.36. The van der Waals surface area contributed by atoms with Crippen LogP contribution in [0.5, 0.6) is 0 Å². The van der Waals surface area contributed by atoms with Crippen LogP contribution in [0.15, 0.2) is 57.2 Å². The molecule has 3 heterocycles. The van der Waals surface area contributed by atoms with Crippen LogP contribution in [0, 0.1) is 0 Å². The lowest BCUT2D eigenvalue weighted by atomic mass is 10.2. The number of amides is 1. The molecule has 0 unspecified atom stereocenters. The summed E-state index contributed by atoms with van der Waals surface area (Å²) in [6.45, 7) is 1.28. The summed E-state index contributed by atoms with van der Waals surface area (Å²) >= 11 is 0. The minimum atomic E-state index is -3.67. The smallest absolute Gasteiger partial charge is 0.263 e. The van der Waals surface area contributed by atoms with Crippen molar-refractivity contribution in [1.29, 1.82) is 0 Å². The molecule has 0 radical (unpaired) electrons. The number of piperidine rings is 1. The molecule has 0 atom stereocenters. The molecular weight excluding hydrogens is 464 g/mol. The van der Waals surface area contributed by atoms with E-state index in [1.807, 2.05) is 0 Å². The predicted molar refractivity (Wildman–Crippen MR) is 123 cm³/mol. The van der Waals surface area contributed by atoms with E-state index in [0.29, 0.717) is 37.3 Å². The summed E-state index contributed by atoms with van der Waals surface area (Å²) in [4.78, 5) is 19.1. The highest BCUT2D eigenvalue weighted by atomic mass is 32.2. The van der Waals surface area contributed by atoms with Crippen molar-refractivity contribution in [3.8, 4) is 0 Å². The number of hydrogen-bond donors (Lipinski definition) is 1. The van der Waals surface area contributed by atoms with Crippen LogP contribution >= 0.6 is 0 Å². The molecule has 2 aromatic carbocycles. The minimum absolute atomic E-state index is 0.144. The highest BCUT2D eigenvalue weighted by molar-refractivity contribution is 7.90. The maximum atomic E-state index is 13.0. The van der Waals surface area contributed by atoms with Gasteiger partial charge in [-0.15, -0.1) is 0 Å². The summed E-state index contributed by atoms with van der Waals surface area (Å²) in [5.41, 5.74) is 1.92. The number of rotatable bonds is 4. The number of sulfonamides is 2. The number of aliphatic imine (C=N–C) groups is 1.